The van der Waals surface area contributed by atoms with Crippen molar-refractivity contribution in [1.29, 1.82) is 0 Å². The van der Waals surface area contributed by atoms with Gasteiger partial charge in [-0.3, -0.25) is 9.59 Å². The molecule has 1 aromatic rings. The lowest BCUT2D eigenvalue weighted by Gasteiger charge is -2.34. The van der Waals surface area contributed by atoms with Crippen LogP contribution >= 0.6 is 11.3 Å². The molecule has 1 N–H and O–H groups in total. The first-order valence-electron chi connectivity index (χ1n) is 6.64. The Bertz CT molecular complexity index is 584. The molecule has 0 aliphatic carbocycles. The van der Waals surface area contributed by atoms with Gasteiger partial charge >= 0.3 is 5.97 Å². The van der Waals surface area contributed by atoms with Crippen LogP contribution in [0.1, 0.15) is 40.4 Å². The summed E-state index contributed by atoms with van der Waals surface area (Å²) in [5, 5.41) is 3.30. The van der Waals surface area contributed by atoms with Gasteiger partial charge < -0.3 is 15.0 Å². The predicted molar refractivity (Wildman–Crippen MR) is 77.9 cm³/mol. The Balaban J connectivity index is 2.41. The number of piperazine rings is 1. The van der Waals surface area contributed by atoms with Crippen LogP contribution in [-0.4, -0.2) is 48.9 Å². The quantitative estimate of drug-likeness (QED) is 0.655. The van der Waals surface area contributed by atoms with Crippen LogP contribution < -0.4 is 10.2 Å². The SMILES string of the molecule is CCC1C(=O)NCCN1c1nc(C(=O)OC)c(C(C)=O)s1. The minimum Gasteiger partial charge on any atom is -0.464 e. The molecule has 1 atom stereocenters. The largest absolute Gasteiger partial charge is 0.464 e. The zero-order valence-electron chi connectivity index (χ0n) is 12.1. The number of nitrogens with one attached hydrogen (secondary N) is 1. The van der Waals surface area contributed by atoms with E-state index in [0.717, 1.165) is 11.3 Å². The fourth-order valence-electron chi connectivity index (χ4n) is 2.25. The van der Waals surface area contributed by atoms with E-state index in [4.69, 9.17) is 0 Å². The van der Waals surface area contributed by atoms with E-state index in [1.54, 1.807) is 0 Å². The molecule has 114 valence electrons. The number of thiazole rings is 1. The number of aromatic nitrogens is 1. The maximum Gasteiger partial charge on any atom is 0.358 e. The molecule has 8 heteroatoms. The van der Waals surface area contributed by atoms with Gasteiger partial charge in [0.1, 0.15) is 10.9 Å². The van der Waals surface area contributed by atoms with Crippen molar-refractivity contribution in [2.75, 3.05) is 25.1 Å². The summed E-state index contributed by atoms with van der Waals surface area (Å²) in [4.78, 5) is 41.6. The number of anilines is 1. The maximum absolute atomic E-state index is 11.9. The van der Waals surface area contributed by atoms with Crippen molar-refractivity contribution in [3.63, 3.8) is 0 Å². The highest BCUT2D eigenvalue weighted by molar-refractivity contribution is 7.17. The smallest absolute Gasteiger partial charge is 0.358 e. The fourth-order valence-corrected chi connectivity index (χ4v) is 3.28. The molecule has 1 fully saturated rings. The number of amides is 1. The number of nitrogens with zero attached hydrogens (tertiary/aromatic N) is 2. The van der Waals surface area contributed by atoms with Crippen molar-refractivity contribution in [1.82, 2.24) is 10.3 Å². The minimum atomic E-state index is -0.641. The van der Waals surface area contributed by atoms with Crippen LogP contribution in [0.25, 0.3) is 0 Å². The molecule has 0 bridgehead atoms. The van der Waals surface area contributed by atoms with Crippen LogP contribution in [0.15, 0.2) is 0 Å². The molecule has 1 amide bonds. The standard InChI is InChI=1S/C13H17N3O4S/c1-4-8-11(18)14-5-6-16(8)13-15-9(12(19)20-3)10(21-13)7(2)17/h8H,4-6H2,1-3H3,(H,14,18). The summed E-state index contributed by atoms with van der Waals surface area (Å²) in [5.41, 5.74) is 0.0193. The van der Waals surface area contributed by atoms with Crippen molar-refractivity contribution in [2.45, 2.75) is 26.3 Å². The van der Waals surface area contributed by atoms with Crippen LogP contribution in [0.5, 0.6) is 0 Å². The summed E-state index contributed by atoms with van der Waals surface area (Å²) < 4.78 is 4.66. The third kappa shape index (κ3) is 2.90. The minimum absolute atomic E-state index is 0.0193. The summed E-state index contributed by atoms with van der Waals surface area (Å²) in [7, 11) is 1.24. The molecular weight excluding hydrogens is 294 g/mol. The van der Waals surface area contributed by atoms with E-state index in [1.165, 1.54) is 14.0 Å². The maximum atomic E-state index is 11.9. The molecule has 1 aliphatic rings. The van der Waals surface area contributed by atoms with Crippen molar-refractivity contribution in [3.05, 3.63) is 10.6 Å². The number of ether oxygens (including phenoxy) is 1. The van der Waals surface area contributed by atoms with E-state index in [9.17, 15) is 14.4 Å². The van der Waals surface area contributed by atoms with Gasteiger partial charge in [-0.25, -0.2) is 9.78 Å². The lowest BCUT2D eigenvalue weighted by atomic mass is 10.1. The molecule has 1 unspecified atom stereocenters. The summed E-state index contributed by atoms with van der Waals surface area (Å²) in [6.07, 6.45) is 0.619. The van der Waals surface area contributed by atoms with Gasteiger partial charge in [0.15, 0.2) is 16.6 Å². The second-order valence-electron chi connectivity index (χ2n) is 4.63. The number of rotatable bonds is 4. The number of methoxy groups -OCH3 is 1. The number of hydrogen-bond donors (Lipinski definition) is 1. The van der Waals surface area contributed by atoms with E-state index < -0.39 is 5.97 Å². The average Bonchev–Trinajstić information content (AvgIpc) is 2.91. The molecule has 7 nitrogen and oxygen atoms in total. The van der Waals surface area contributed by atoms with E-state index in [1.807, 2.05) is 11.8 Å². The Kier molecular flexibility index (Phi) is 4.56. The molecule has 1 aliphatic heterocycles. The van der Waals surface area contributed by atoms with Gasteiger partial charge in [0, 0.05) is 20.0 Å². The second kappa shape index (κ2) is 6.21. The van der Waals surface area contributed by atoms with Gasteiger partial charge in [0.2, 0.25) is 5.91 Å². The van der Waals surface area contributed by atoms with Crippen LogP contribution in [0.2, 0.25) is 0 Å². The van der Waals surface area contributed by atoms with Gasteiger partial charge in [-0.15, -0.1) is 0 Å². The monoisotopic (exact) mass is 311 g/mol. The lowest BCUT2D eigenvalue weighted by molar-refractivity contribution is -0.123. The van der Waals surface area contributed by atoms with Crippen LogP contribution in [0, 0.1) is 0 Å². The summed E-state index contributed by atoms with van der Waals surface area (Å²) >= 11 is 1.12. The van der Waals surface area contributed by atoms with E-state index in [0.29, 0.717) is 24.6 Å². The fraction of sp³-hybridized carbons (Fsp3) is 0.538. The van der Waals surface area contributed by atoms with Crippen molar-refractivity contribution in [2.24, 2.45) is 0 Å². The van der Waals surface area contributed by atoms with Crippen LogP contribution in [0.4, 0.5) is 5.13 Å². The molecule has 1 saturated heterocycles. The topological polar surface area (TPSA) is 88.6 Å². The number of hydrogen-bond acceptors (Lipinski definition) is 7. The normalized spacial score (nSPS) is 18.3. The van der Waals surface area contributed by atoms with Crippen molar-refractivity contribution >= 4 is 34.1 Å². The third-order valence-corrected chi connectivity index (χ3v) is 4.47. The van der Waals surface area contributed by atoms with Gasteiger partial charge in [-0.05, 0) is 6.42 Å². The third-order valence-electron chi connectivity index (χ3n) is 3.28. The Morgan fingerprint density at radius 2 is 2.24 bits per heavy atom. The van der Waals surface area contributed by atoms with Crippen molar-refractivity contribution < 1.29 is 19.1 Å². The Morgan fingerprint density at radius 1 is 1.52 bits per heavy atom. The first-order valence-corrected chi connectivity index (χ1v) is 7.45. The molecular formula is C13H17N3O4S. The molecule has 0 aromatic carbocycles. The highest BCUT2D eigenvalue weighted by atomic mass is 32.1. The van der Waals surface area contributed by atoms with Gasteiger partial charge in [-0.2, -0.15) is 0 Å². The van der Waals surface area contributed by atoms with Gasteiger partial charge in [0.05, 0.1) is 7.11 Å². The number of carbonyl (C=O) groups excluding carboxylic acids is 3. The number of esters is 1. The number of carbonyl (C=O) groups is 3. The average molecular weight is 311 g/mol. The summed E-state index contributed by atoms with van der Waals surface area (Å²) in [6, 6.07) is -0.338. The predicted octanol–water partition coefficient (Wildman–Crippen LogP) is 0.847. The lowest BCUT2D eigenvalue weighted by Crippen LogP contribution is -2.55. The summed E-state index contributed by atoms with van der Waals surface area (Å²) in [5.74, 6) is -0.950. The van der Waals surface area contributed by atoms with Crippen LogP contribution in [-0.2, 0) is 9.53 Å². The molecule has 2 rings (SSSR count). The molecule has 0 spiro atoms. The first kappa shape index (κ1) is 15.4. The van der Waals surface area contributed by atoms with Gasteiger partial charge in [-0.1, -0.05) is 18.3 Å². The molecule has 1 aromatic heterocycles. The highest BCUT2D eigenvalue weighted by Crippen LogP contribution is 2.30. The molecule has 0 radical (unpaired) electrons. The first-order chi connectivity index (χ1) is 9.99. The van der Waals surface area contributed by atoms with E-state index in [-0.39, 0.29) is 28.3 Å². The highest BCUT2D eigenvalue weighted by Gasteiger charge is 2.32. The zero-order valence-corrected chi connectivity index (χ0v) is 13.0. The molecule has 2 heterocycles. The van der Waals surface area contributed by atoms with Crippen LogP contribution in [0.3, 0.4) is 0 Å². The Morgan fingerprint density at radius 3 is 2.81 bits per heavy atom. The Labute approximate surface area is 126 Å². The van der Waals surface area contributed by atoms with E-state index in [2.05, 4.69) is 15.0 Å². The molecule has 0 saturated carbocycles. The number of Topliss-reactive ketones (excluding diaryl/α,β-unsaturated/α-hetero) is 1. The molecule has 21 heavy (non-hydrogen) atoms. The zero-order chi connectivity index (χ0) is 15.6. The van der Waals surface area contributed by atoms with E-state index >= 15 is 0 Å². The Hall–Kier alpha value is -1.96. The van der Waals surface area contributed by atoms with Gasteiger partial charge in [0.25, 0.3) is 0 Å². The summed E-state index contributed by atoms with van der Waals surface area (Å²) in [6.45, 7) is 4.39. The second-order valence-corrected chi connectivity index (χ2v) is 5.61. The number of ketones is 1. The van der Waals surface area contributed by atoms with Crippen molar-refractivity contribution in [3.8, 4) is 0 Å².